The molecule has 0 bridgehead atoms. The fourth-order valence-corrected chi connectivity index (χ4v) is 4.26. The second-order valence-electron chi connectivity index (χ2n) is 15.8. The summed E-state index contributed by atoms with van der Waals surface area (Å²) in [5, 5.41) is 0. The SMILES string of the molecule is CC(C)(I)C(=O)OCC(COCC(COC(=O)C(C)(C)I)(COC(=O)C(C)(C)I)COC(=O)C(C)(C)I)(COC(=O)C(C)(C)I)COC(=O)C(C)(C)I. The third-order valence-corrected chi connectivity index (χ3v) is 9.43. The second-order valence-corrected chi connectivity index (χ2v) is 32.0. The first-order valence-electron chi connectivity index (χ1n) is 16.2. The summed E-state index contributed by atoms with van der Waals surface area (Å²) >= 11 is 11.6. The Morgan fingerprint density at radius 2 is 0.434 bits per heavy atom. The predicted octanol–water partition coefficient (Wildman–Crippen LogP) is 7.52. The first-order chi connectivity index (χ1) is 23.5. The lowest BCUT2D eigenvalue weighted by Crippen LogP contribution is -2.49. The van der Waals surface area contributed by atoms with Gasteiger partial charge in [-0.1, -0.05) is 136 Å². The molecule has 0 atom stereocenters. The van der Waals surface area contributed by atoms with Crippen molar-refractivity contribution in [2.24, 2.45) is 10.8 Å². The normalized spacial score (nSPS) is 13.5. The van der Waals surface area contributed by atoms with Gasteiger partial charge in [-0.2, -0.15) is 0 Å². The Hall–Kier alpha value is 1.16. The van der Waals surface area contributed by atoms with E-state index in [1.165, 1.54) is 0 Å². The number of carbonyl (C=O) groups is 6. The average Bonchev–Trinajstić information content (AvgIpc) is 2.97. The molecule has 0 aliphatic heterocycles. The van der Waals surface area contributed by atoms with Crippen molar-refractivity contribution in [3.8, 4) is 0 Å². The number of ether oxygens (including phenoxy) is 7. The molecule has 0 N–H and O–H groups in total. The lowest BCUT2D eigenvalue weighted by atomic mass is 9.90. The van der Waals surface area contributed by atoms with E-state index >= 15 is 0 Å². The molecule has 0 aromatic heterocycles. The molecule has 0 saturated carbocycles. The van der Waals surface area contributed by atoms with Crippen molar-refractivity contribution in [3.05, 3.63) is 0 Å². The number of hydrogen-bond acceptors (Lipinski definition) is 13. The fraction of sp³-hybridized carbons (Fsp3) is 0.824. The summed E-state index contributed by atoms with van der Waals surface area (Å²) in [4.78, 5) is 78.0. The van der Waals surface area contributed by atoms with Crippen LogP contribution in [0.1, 0.15) is 83.1 Å². The summed E-state index contributed by atoms with van der Waals surface area (Å²) in [5.74, 6) is -3.46. The molecule has 0 amide bonds. The molecule has 308 valence electrons. The van der Waals surface area contributed by atoms with E-state index in [4.69, 9.17) is 33.2 Å². The van der Waals surface area contributed by atoms with Gasteiger partial charge in [0.1, 0.15) is 60.2 Å². The highest BCUT2D eigenvalue weighted by Gasteiger charge is 2.44. The standard InChI is InChI=1S/C34H52I6O13/c1-27(2,35)21(41)48-15-33(16-49-22(42)28(3,4)36,17-50-23(43)29(5,6)37)13-47-14-34(18-51-24(44)30(7,8)38,19-52-25(45)31(9,10)39)20-53-26(46)32(11,12)40/h13-20H2,1-12H3. The van der Waals surface area contributed by atoms with Crippen molar-refractivity contribution in [3.63, 3.8) is 0 Å². The van der Waals surface area contributed by atoms with Crippen molar-refractivity contribution in [1.29, 1.82) is 0 Å². The van der Waals surface area contributed by atoms with Gasteiger partial charge in [-0.25, -0.2) is 0 Å². The molecule has 13 nitrogen and oxygen atoms in total. The maximum Gasteiger partial charge on any atom is 0.321 e. The smallest absolute Gasteiger partial charge is 0.321 e. The minimum absolute atomic E-state index is 0.337. The Labute approximate surface area is 395 Å². The first-order valence-corrected chi connectivity index (χ1v) is 22.7. The van der Waals surface area contributed by atoms with Crippen LogP contribution in [0, 0.1) is 10.8 Å². The lowest BCUT2D eigenvalue weighted by Gasteiger charge is -2.37. The molecule has 0 fully saturated rings. The average molecular weight is 1430 g/mol. The van der Waals surface area contributed by atoms with Crippen LogP contribution in [0.4, 0.5) is 0 Å². The van der Waals surface area contributed by atoms with Gasteiger partial charge in [0.15, 0.2) is 0 Å². The molecule has 0 aliphatic rings. The molecule has 0 aromatic carbocycles. The number of carbonyl (C=O) groups excluding carboxylic acids is 6. The summed E-state index contributed by atoms with van der Waals surface area (Å²) in [6, 6.07) is 0. The van der Waals surface area contributed by atoms with Gasteiger partial charge >= 0.3 is 35.8 Å². The van der Waals surface area contributed by atoms with Crippen LogP contribution in [-0.4, -0.2) is 109 Å². The lowest BCUT2D eigenvalue weighted by molar-refractivity contribution is -0.176. The third kappa shape index (κ3) is 21.1. The van der Waals surface area contributed by atoms with Crippen LogP contribution >= 0.6 is 136 Å². The molecule has 0 aromatic rings. The van der Waals surface area contributed by atoms with E-state index in [0.29, 0.717) is 0 Å². The number of esters is 6. The highest BCUT2D eigenvalue weighted by molar-refractivity contribution is 14.1. The summed E-state index contributed by atoms with van der Waals surface area (Å²) in [6.45, 7) is 16.9. The molecule has 0 heterocycles. The number of alkyl halides is 6. The van der Waals surface area contributed by atoms with E-state index in [2.05, 4.69) is 0 Å². The Bertz CT molecular complexity index is 1050. The Morgan fingerprint density at radius 3 is 0.547 bits per heavy atom. The van der Waals surface area contributed by atoms with E-state index < -0.39 is 67.2 Å². The zero-order valence-electron chi connectivity index (χ0n) is 32.2. The van der Waals surface area contributed by atoms with Gasteiger partial charge in [0.25, 0.3) is 0 Å². The van der Waals surface area contributed by atoms with E-state index in [9.17, 15) is 28.8 Å². The molecule has 19 heteroatoms. The maximum atomic E-state index is 13.0. The summed E-state index contributed by atoms with van der Waals surface area (Å²) in [7, 11) is 0. The van der Waals surface area contributed by atoms with E-state index in [1.54, 1.807) is 83.1 Å². The van der Waals surface area contributed by atoms with Gasteiger partial charge < -0.3 is 33.2 Å². The first kappa shape index (κ1) is 54.2. The van der Waals surface area contributed by atoms with Crippen molar-refractivity contribution in [1.82, 2.24) is 0 Å². The molecular formula is C34H52I6O13. The minimum Gasteiger partial charge on any atom is -0.464 e. The van der Waals surface area contributed by atoms with Gasteiger partial charge in [0.05, 0.1) is 24.0 Å². The predicted molar refractivity (Wildman–Crippen MR) is 250 cm³/mol. The zero-order valence-corrected chi connectivity index (χ0v) is 45.2. The van der Waals surface area contributed by atoms with Gasteiger partial charge in [0, 0.05) is 0 Å². The Morgan fingerprint density at radius 1 is 0.302 bits per heavy atom. The van der Waals surface area contributed by atoms with E-state index in [-0.39, 0.29) is 52.9 Å². The van der Waals surface area contributed by atoms with Gasteiger partial charge in [-0.15, -0.1) is 0 Å². The van der Waals surface area contributed by atoms with Gasteiger partial charge in [0.2, 0.25) is 0 Å². The summed E-state index contributed by atoms with van der Waals surface area (Å²) in [6.07, 6.45) is 0. The summed E-state index contributed by atoms with van der Waals surface area (Å²) in [5.41, 5.74) is -2.89. The van der Waals surface area contributed by atoms with Crippen molar-refractivity contribution < 1.29 is 61.9 Å². The van der Waals surface area contributed by atoms with Crippen molar-refractivity contribution in [2.45, 2.75) is 104 Å². The zero-order chi connectivity index (χ0) is 42.1. The highest BCUT2D eigenvalue weighted by Crippen LogP contribution is 2.32. The Balaban J connectivity index is 7.13. The topological polar surface area (TPSA) is 167 Å². The fourth-order valence-electron chi connectivity index (χ4n) is 3.33. The van der Waals surface area contributed by atoms with Crippen LogP contribution in [0.2, 0.25) is 0 Å². The molecule has 0 aliphatic carbocycles. The minimum atomic E-state index is -1.44. The van der Waals surface area contributed by atoms with E-state index in [1.807, 2.05) is 136 Å². The molecule has 0 radical (unpaired) electrons. The molecule has 0 spiro atoms. The Kier molecular flexibility index (Phi) is 21.9. The van der Waals surface area contributed by atoms with Crippen LogP contribution in [0.25, 0.3) is 0 Å². The number of halogens is 6. The van der Waals surface area contributed by atoms with Crippen molar-refractivity contribution >= 4 is 171 Å². The number of rotatable bonds is 22. The van der Waals surface area contributed by atoms with Crippen molar-refractivity contribution in [2.75, 3.05) is 52.9 Å². The molecule has 0 rings (SSSR count). The van der Waals surface area contributed by atoms with Crippen LogP contribution in [0.15, 0.2) is 0 Å². The largest absolute Gasteiger partial charge is 0.464 e. The molecule has 0 saturated heterocycles. The van der Waals surface area contributed by atoms with Crippen LogP contribution in [0.3, 0.4) is 0 Å². The van der Waals surface area contributed by atoms with E-state index in [0.717, 1.165) is 0 Å². The van der Waals surface area contributed by atoms with Crippen LogP contribution in [0.5, 0.6) is 0 Å². The van der Waals surface area contributed by atoms with Crippen LogP contribution < -0.4 is 0 Å². The second kappa shape index (κ2) is 21.4. The van der Waals surface area contributed by atoms with Gasteiger partial charge in [-0.3, -0.25) is 28.8 Å². The molecule has 53 heavy (non-hydrogen) atoms. The molecule has 0 unspecified atom stereocenters. The number of hydrogen-bond donors (Lipinski definition) is 0. The molecular weight excluding hydrogens is 1380 g/mol. The highest BCUT2D eigenvalue weighted by atomic mass is 127. The third-order valence-electron chi connectivity index (χ3n) is 6.79. The monoisotopic (exact) mass is 1430 g/mol. The van der Waals surface area contributed by atoms with Crippen LogP contribution in [-0.2, 0) is 61.9 Å². The summed E-state index contributed by atoms with van der Waals surface area (Å²) < 4.78 is 35.1. The van der Waals surface area contributed by atoms with Gasteiger partial charge in [-0.05, 0) is 83.1 Å². The quantitative estimate of drug-likeness (QED) is 0.0453. The maximum absolute atomic E-state index is 13.0.